The van der Waals surface area contributed by atoms with Gasteiger partial charge in [-0.15, -0.1) is 0 Å². The number of rotatable bonds is 5. The van der Waals surface area contributed by atoms with Crippen LogP contribution in [-0.2, 0) is 6.54 Å². The van der Waals surface area contributed by atoms with Gasteiger partial charge in [0.1, 0.15) is 0 Å². The number of benzene rings is 2. The first-order valence-electron chi connectivity index (χ1n) is 7.76. The second kappa shape index (κ2) is 6.59. The van der Waals surface area contributed by atoms with E-state index in [0.29, 0.717) is 6.04 Å². The molecule has 0 radical (unpaired) electrons. The molecule has 0 saturated carbocycles. The quantitative estimate of drug-likeness (QED) is 0.807. The number of aryl methyl sites for hydroxylation is 1. The Labute approximate surface area is 130 Å². The van der Waals surface area contributed by atoms with Crippen molar-refractivity contribution in [1.82, 2.24) is 5.32 Å². The first-order chi connectivity index (χ1) is 9.88. The van der Waals surface area contributed by atoms with Gasteiger partial charge < -0.3 is 5.32 Å². The SMILES string of the molecule is Cc1ccccc1[C@@H](C)NCc1ccc([Si](C)(C)C)cc1. The fraction of sp³-hybridized carbons (Fsp3) is 0.368. The summed E-state index contributed by atoms with van der Waals surface area (Å²) in [6, 6.07) is 18.1. The van der Waals surface area contributed by atoms with Crippen molar-refractivity contribution in [3.05, 3.63) is 65.2 Å². The maximum absolute atomic E-state index is 3.63. The first kappa shape index (κ1) is 16.0. The van der Waals surface area contributed by atoms with E-state index in [4.69, 9.17) is 0 Å². The van der Waals surface area contributed by atoms with Crippen LogP contribution in [-0.4, -0.2) is 8.07 Å². The summed E-state index contributed by atoms with van der Waals surface area (Å²) in [7, 11) is -1.18. The highest BCUT2D eigenvalue weighted by molar-refractivity contribution is 6.88. The molecular formula is C19H27NSi. The molecule has 0 fully saturated rings. The summed E-state index contributed by atoms with van der Waals surface area (Å²) in [5.74, 6) is 0. The van der Waals surface area contributed by atoms with E-state index >= 15 is 0 Å². The molecule has 2 aromatic rings. The number of nitrogens with one attached hydrogen (secondary N) is 1. The standard InChI is InChI=1S/C19H27NSi/c1-15-8-6-7-9-19(15)16(2)20-14-17-10-12-18(13-11-17)21(3,4)5/h6-13,16,20H,14H2,1-5H3/t16-/m1/s1. The number of hydrogen-bond acceptors (Lipinski definition) is 1. The van der Waals surface area contributed by atoms with Gasteiger partial charge in [0.25, 0.3) is 0 Å². The van der Waals surface area contributed by atoms with Crippen molar-refractivity contribution in [1.29, 1.82) is 0 Å². The Morgan fingerprint density at radius 3 is 2.14 bits per heavy atom. The van der Waals surface area contributed by atoms with Gasteiger partial charge in [-0.1, -0.05) is 73.4 Å². The van der Waals surface area contributed by atoms with Crippen LogP contribution in [0.1, 0.15) is 29.7 Å². The molecule has 21 heavy (non-hydrogen) atoms. The van der Waals surface area contributed by atoms with Gasteiger partial charge in [0.15, 0.2) is 0 Å². The van der Waals surface area contributed by atoms with Gasteiger partial charge in [0.2, 0.25) is 0 Å². The van der Waals surface area contributed by atoms with Crippen LogP contribution in [0.25, 0.3) is 0 Å². The van der Waals surface area contributed by atoms with Gasteiger partial charge >= 0.3 is 0 Å². The smallest absolute Gasteiger partial charge is 0.0775 e. The van der Waals surface area contributed by atoms with Crippen LogP contribution in [0.5, 0.6) is 0 Å². The molecule has 0 aromatic heterocycles. The third-order valence-electron chi connectivity index (χ3n) is 4.09. The van der Waals surface area contributed by atoms with Crippen molar-refractivity contribution in [3.8, 4) is 0 Å². The largest absolute Gasteiger partial charge is 0.306 e. The Hall–Kier alpha value is -1.38. The van der Waals surface area contributed by atoms with Crippen molar-refractivity contribution in [2.24, 2.45) is 0 Å². The molecule has 2 rings (SSSR count). The summed E-state index contributed by atoms with van der Waals surface area (Å²) in [4.78, 5) is 0. The molecule has 1 atom stereocenters. The van der Waals surface area contributed by atoms with Crippen LogP contribution in [0.15, 0.2) is 48.5 Å². The molecule has 0 spiro atoms. The zero-order valence-corrected chi connectivity index (χ0v) is 14.9. The summed E-state index contributed by atoms with van der Waals surface area (Å²) in [5.41, 5.74) is 4.10. The Bertz CT molecular complexity index is 581. The molecule has 0 aliphatic heterocycles. The van der Waals surface area contributed by atoms with E-state index < -0.39 is 8.07 Å². The minimum Gasteiger partial charge on any atom is -0.306 e. The van der Waals surface area contributed by atoms with Gasteiger partial charge in [-0.25, -0.2) is 0 Å². The maximum atomic E-state index is 3.63. The zero-order chi connectivity index (χ0) is 15.5. The monoisotopic (exact) mass is 297 g/mol. The fourth-order valence-corrected chi connectivity index (χ4v) is 3.74. The van der Waals surface area contributed by atoms with Crippen LogP contribution in [0.2, 0.25) is 19.6 Å². The maximum Gasteiger partial charge on any atom is 0.0775 e. The van der Waals surface area contributed by atoms with Gasteiger partial charge in [-0.05, 0) is 30.5 Å². The summed E-state index contributed by atoms with van der Waals surface area (Å²) >= 11 is 0. The first-order valence-corrected chi connectivity index (χ1v) is 11.3. The second-order valence-electron chi connectivity index (χ2n) is 6.91. The highest BCUT2D eigenvalue weighted by atomic mass is 28.3. The van der Waals surface area contributed by atoms with Gasteiger partial charge in [-0.2, -0.15) is 0 Å². The lowest BCUT2D eigenvalue weighted by atomic mass is 10.0. The molecule has 2 heteroatoms. The molecule has 1 N–H and O–H groups in total. The lowest BCUT2D eigenvalue weighted by molar-refractivity contribution is 0.572. The summed E-state index contributed by atoms with van der Waals surface area (Å²) in [6.07, 6.45) is 0. The topological polar surface area (TPSA) is 12.0 Å². The molecule has 0 unspecified atom stereocenters. The van der Waals surface area contributed by atoms with Crippen molar-refractivity contribution >= 4 is 13.3 Å². The second-order valence-corrected chi connectivity index (χ2v) is 12.0. The van der Waals surface area contributed by atoms with Crippen molar-refractivity contribution in [2.45, 2.75) is 46.1 Å². The molecular weight excluding hydrogens is 270 g/mol. The Morgan fingerprint density at radius 1 is 0.952 bits per heavy atom. The Kier molecular flexibility index (Phi) is 5.02. The zero-order valence-electron chi connectivity index (χ0n) is 13.9. The van der Waals surface area contributed by atoms with Gasteiger partial charge in [0.05, 0.1) is 8.07 Å². The Morgan fingerprint density at radius 2 is 1.57 bits per heavy atom. The van der Waals surface area contributed by atoms with E-state index in [0.717, 1.165) is 6.54 Å². The molecule has 0 heterocycles. The van der Waals surface area contributed by atoms with E-state index in [1.165, 1.54) is 21.9 Å². The highest BCUT2D eigenvalue weighted by Crippen LogP contribution is 2.17. The van der Waals surface area contributed by atoms with Gasteiger partial charge in [0, 0.05) is 12.6 Å². The lowest BCUT2D eigenvalue weighted by Crippen LogP contribution is -2.37. The van der Waals surface area contributed by atoms with Crippen LogP contribution in [0.4, 0.5) is 0 Å². The molecule has 0 aliphatic rings. The van der Waals surface area contributed by atoms with E-state index in [9.17, 15) is 0 Å². The van der Waals surface area contributed by atoms with E-state index in [1.54, 1.807) is 0 Å². The minimum atomic E-state index is -1.18. The molecule has 0 aliphatic carbocycles. The average Bonchev–Trinajstić information content (AvgIpc) is 2.45. The fourth-order valence-electron chi connectivity index (χ4n) is 2.58. The van der Waals surface area contributed by atoms with Gasteiger partial charge in [-0.3, -0.25) is 0 Å². The van der Waals surface area contributed by atoms with Crippen LogP contribution >= 0.6 is 0 Å². The molecule has 0 bridgehead atoms. The van der Waals surface area contributed by atoms with Crippen molar-refractivity contribution in [3.63, 3.8) is 0 Å². The summed E-state index contributed by atoms with van der Waals surface area (Å²) < 4.78 is 0. The molecule has 112 valence electrons. The van der Waals surface area contributed by atoms with E-state index in [1.807, 2.05) is 0 Å². The predicted molar refractivity (Wildman–Crippen MR) is 95.9 cm³/mol. The third kappa shape index (κ3) is 4.29. The Balaban J connectivity index is 1.99. The molecule has 1 nitrogen and oxygen atoms in total. The molecule has 0 saturated heterocycles. The molecule has 0 amide bonds. The predicted octanol–water partition coefficient (Wildman–Crippen LogP) is 4.39. The normalized spacial score (nSPS) is 13.2. The van der Waals surface area contributed by atoms with E-state index in [2.05, 4.69) is 87.3 Å². The van der Waals surface area contributed by atoms with Crippen molar-refractivity contribution < 1.29 is 0 Å². The van der Waals surface area contributed by atoms with Crippen molar-refractivity contribution in [2.75, 3.05) is 0 Å². The number of hydrogen-bond donors (Lipinski definition) is 1. The lowest BCUT2D eigenvalue weighted by Gasteiger charge is -2.18. The molecule has 2 aromatic carbocycles. The van der Waals surface area contributed by atoms with E-state index in [-0.39, 0.29) is 0 Å². The third-order valence-corrected chi connectivity index (χ3v) is 6.15. The van der Waals surface area contributed by atoms with Crippen LogP contribution in [0.3, 0.4) is 0 Å². The summed E-state index contributed by atoms with van der Waals surface area (Å²) in [5, 5.41) is 5.15. The van der Waals surface area contributed by atoms with Crippen LogP contribution in [0, 0.1) is 6.92 Å². The highest BCUT2D eigenvalue weighted by Gasteiger charge is 2.15. The average molecular weight is 298 g/mol. The summed E-state index contributed by atoms with van der Waals surface area (Å²) in [6.45, 7) is 12.5. The minimum absolute atomic E-state index is 0.378. The van der Waals surface area contributed by atoms with Crippen LogP contribution < -0.4 is 10.5 Å².